The third kappa shape index (κ3) is 5.70. The molecule has 1 aromatic carbocycles. The van der Waals surface area contributed by atoms with E-state index in [1.807, 2.05) is 45.0 Å². The first-order valence-electron chi connectivity index (χ1n) is 8.48. The van der Waals surface area contributed by atoms with E-state index in [9.17, 15) is 9.59 Å². The van der Waals surface area contributed by atoms with Crippen molar-refractivity contribution in [3.8, 4) is 17.1 Å². The molecule has 134 valence electrons. The number of hydrogen-bond donors (Lipinski definition) is 2. The average Bonchev–Trinajstić information content (AvgIpc) is 2.58. The molecule has 0 unspecified atom stereocenters. The third-order valence-electron chi connectivity index (χ3n) is 3.38. The smallest absolute Gasteiger partial charge is 0.273 e. The van der Waals surface area contributed by atoms with Crippen molar-refractivity contribution in [2.45, 2.75) is 46.1 Å². The topological polar surface area (TPSA) is 97.0 Å². The predicted octanol–water partition coefficient (Wildman–Crippen LogP) is 2.08. The van der Waals surface area contributed by atoms with Crippen LogP contribution >= 0.6 is 0 Å². The van der Waals surface area contributed by atoms with Crippen LogP contribution in [0.1, 0.15) is 39.3 Å². The first-order chi connectivity index (χ1) is 12.0. The Morgan fingerprint density at radius 3 is 2.80 bits per heavy atom. The summed E-state index contributed by atoms with van der Waals surface area (Å²) in [6.07, 6.45) is 1.37. The highest BCUT2D eigenvalue weighted by atomic mass is 16.5. The highest BCUT2D eigenvalue weighted by Crippen LogP contribution is 2.20. The Hall–Kier alpha value is -2.70. The fourth-order valence-corrected chi connectivity index (χ4v) is 2.23. The number of ether oxygens (including phenoxy) is 1. The lowest BCUT2D eigenvalue weighted by molar-refractivity contribution is -0.121. The van der Waals surface area contributed by atoms with Crippen molar-refractivity contribution in [1.29, 1.82) is 0 Å². The van der Waals surface area contributed by atoms with Gasteiger partial charge in [0.2, 0.25) is 5.91 Å². The number of hydrogen-bond acceptors (Lipinski definition) is 5. The quantitative estimate of drug-likeness (QED) is 0.764. The first kappa shape index (κ1) is 18.6. The number of amides is 1. The number of rotatable bonds is 8. The normalized spacial score (nSPS) is 10.7. The molecular formula is C18H24N4O3. The van der Waals surface area contributed by atoms with Crippen LogP contribution in [0.5, 0.6) is 5.75 Å². The lowest BCUT2D eigenvalue weighted by atomic mass is 10.2. The second-order valence-electron chi connectivity index (χ2n) is 6.05. The second-order valence-corrected chi connectivity index (χ2v) is 6.05. The summed E-state index contributed by atoms with van der Waals surface area (Å²) in [4.78, 5) is 26.6. The van der Waals surface area contributed by atoms with Crippen LogP contribution in [0.25, 0.3) is 11.4 Å². The minimum absolute atomic E-state index is 0.0708. The van der Waals surface area contributed by atoms with E-state index in [2.05, 4.69) is 20.5 Å². The molecule has 1 aromatic heterocycles. The summed E-state index contributed by atoms with van der Waals surface area (Å²) in [5, 5.41) is 10.8. The van der Waals surface area contributed by atoms with Gasteiger partial charge in [-0.3, -0.25) is 9.59 Å². The Morgan fingerprint density at radius 1 is 1.32 bits per heavy atom. The molecule has 0 fully saturated rings. The Bertz CT molecular complexity index is 771. The zero-order chi connectivity index (χ0) is 18.2. The molecule has 0 radical (unpaired) electrons. The van der Waals surface area contributed by atoms with E-state index < -0.39 is 0 Å². The van der Waals surface area contributed by atoms with Crippen LogP contribution in [-0.2, 0) is 11.2 Å². The molecule has 2 N–H and O–H groups in total. The molecule has 0 bridgehead atoms. The monoisotopic (exact) mass is 344 g/mol. The molecule has 25 heavy (non-hydrogen) atoms. The van der Waals surface area contributed by atoms with E-state index in [0.717, 1.165) is 17.7 Å². The van der Waals surface area contributed by atoms with Gasteiger partial charge in [-0.25, -0.2) is 0 Å². The van der Waals surface area contributed by atoms with Crippen LogP contribution in [0.4, 0.5) is 0 Å². The number of nitrogens with zero attached hydrogens (tertiary/aromatic N) is 2. The highest BCUT2D eigenvalue weighted by molar-refractivity contribution is 5.76. The average molecular weight is 344 g/mol. The molecule has 0 saturated heterocycles. The van der Waals surface area contributed by atoms with Crippen LogP contribution in [-0.4, -0.2) is 33.7 Å². The van der Waals surface area contributed by atoms with Crippen molar-refractivity contribution in [2.75, 3.05) is 6.61 Å². The molecule has 2 aromatic rings. The minimum atomic E-state index is -0.331. The Balaban J connectivity index is 2.09. The first-order valence-corrected chi connectivity index (χ1v) is 8.48. The molecule has 1 amide bonds. The molecule has 0 aliphatic carbocycles. The van der Waals surface area contributed by atoms with Gasteiger partial charge in [-0.2, -0.15) is 0 Å². The van der Waals surface area contributed by atoms with Gasteiger partial charge in [0.1, 0.15) is 11.4 Å². The molecule has 7 heteroatoms. The van der Waals surface area contributed by atoms with E-state index in [-0.39, 0.29) is 36.0 Å². The number of H-pyrrole nitrogens is 1. The maximum atomic E-state index is 12.2. The molecule has 1 heterocycles. The standard InChI is InChI=1S/C18H24N4O3/c1-4-10-25-14-7-5-6-13(11-14)17-20-18(24)15(21-22-17)8-9-16(23)19-12(2)3/h5-7,11-12H,4,8-10H2,1-3H3,(H,19,23)(H,20,22,24). The Kier molecular flexibility index (Phi) is 6.68. The van der Waals surface area contributed by atoms with Crippen molar-refractivity contribution in [2.24, 2.45) is 0 Å². The maximum absolute atomic E-state index is 12.2. The molecule has 0 aliphatic rings. The third-order valence-corrected chi connectivity index (χ3v) is 3.38. The van der Waals surface area contributed by atoms with Gasteiger partial charge in [-0.1, -0.05) is 19.1 Å². The summed E-state index contributed by atoms with van der Waals surface area (Å²) in [5.74, 6) is 0.986. The van der Waals surface area contributed by atoms with Gasteiger partial charge >= 0.3 is 0 Å². The summed E-state index contributed by atoms with van der Waals surface area (Å²) < 4.78 is 5.58. The van der Waals surface area contributed by atoms with Crippen molar-refractivity contribution in [1.82, 2.24) is 20.5 Å². The van der Waals surface area contributed by atoms with Crippen LogP contribution < -0.4 is 15.6 Å². The van der Waals surface area contributed by atoms with Gasteiger partial charge in [0.05, 0.1) is 6.61 Å². The maximum Gasteiger partial charge on any atom is 0.273 e. The van der Waals surface area contributed by atoms with Crippen molar-refractivity contribution in [3.63, 3.8) is 0 Å². The number of nitrogens with one attached hydrogen (secondary N) is 2. The van der Waals surface area contributed by atoms with E-state index >= 15 is 0 Å². The number of carbonyl (C=O) groups is 1. The van der Waals surface area contributed by atoms with E-state index in [1.165, 1.54) is 0 Å². The summed E-state index contributed by atoms with van der Waals surface area (Å²) in [6.45, 7) is 6.44. The summed E-state index contributed by atoms with van der Waals surface area (Å²) in [6, 6.07) is 7.40. The number of benzene rings is 1. The predicted molar refractivity (Wildman–Crippen MR) is 95.5 cm³/mol. The Labute approximate surface area is 146 Å². The van der Waals surface area contributed by atoms with Crippen molar-refractivity contribution < 1.29 is 9.53 Å². The zero-order valence-corrected chi connectivity index (χ0v) is 14.8. The largest absolute Gasteiger partial charge is 0.494 e. The number of carbonyl (C=O) groups excluding carboxylic acids is 1. The number of aryl methyl sites for hydroxylation is 1. The van der Waals surface area contributed by atoms with Crippen molar-refractivity contribution >= 4 is 5.91 Å². The molecule has 2 rings (SSSR count). The van der Waals surface area contributed by atoms with Crippen LogP contribution in [0.15, 0.2) is 29.1 Å². The zero-order valence-electron chi connectivity index (χ0n) is 14.8. The molecule has 7 nitrogen and oxygen atoms in total. The van der Waals surface area contributed by atoms with Gasteiger partial charge in [-0.15, -0.1) is 10.2 Å². The lowest BCUT2D eigenvalue weighted by Gasteiger charge is -2.08. The van der Waals surface area contributed by atoms with Gasteiger partial charge < -0.3 is 15.0 Å². The molecular weight excluding hydrogens is 320 g/mol. The van der Waals surface area contributed by atoms with Gasteiger partial charge in [0.15, 0.2) is 5.82 Å². The number of aromatic nitrogens is 3. The second kappa shape index (κ2) is 8.96. The SMILES string of the molecule is CCCOc1cccc(-c2nnc(CCC(=O)NC(C)C)c(=O)[nH]2)c1. The van der Waals surface area contributed by atoms with Gasteiger partial charge in [0.25, 0.3) is 5.56 Å². The number of aromatic amines is 1. The molecule has 0 aliphatic heterocycles. The van der Waals surface area contributed by atoms with Gasteiger partial charge in [0, 0.05) is 24.4 Å². The fraction of sp³-hybridized carbons (Fsp3) is 0.444. The Morgan fingerprint density at radius 2 is 2.12 bits per heavy atom. The minimum Gasteiger partial charge on any atom is -0.494 e. The van der Waals surface area contributed by atoms with E-state index in [0.29, 0.717) is 12.4 Å². The summed E-state index contributed by atoms with van der Waals surface area (Å²) in [7, 11) is 0. The van der Waals surface area contributed by atoms with E-state index in [4.69, 9.17) is 4.74 Å². The molecule has 0 saturated carbocycles. The lowest BCUT2D eigenvalue weighted by Crippen LogP contribution is -2.31. The molecule has 0 spiro atoms. The van der Waals surface area contributed by atoms with Gasteiger partial charge in [-0.05, 0) is 32.4 Å². The van der Waals surface area contributed by atoms with Crippen LogP contribution in [0, 0.1) is 0 Å². The highest BCUT2D eigenvalue weighted by Gasteiger charge is 2.10. The van der Waals surface area contributed by atoms with Crippen LogP contribution in [0.2, 0.25) is 0 Å². The fourth-order valence-electron chi connectivity index (χ4n) is 2.23. The summed E-state index contributed by atoms with van der Waals surface area (Å²) >= 11 is 0. The van der Waals surface area contributed by atoms with Crippen LogP contribution in [0.3, 0.4) is 0 Å². The van der Waals surface area contributed by atoms with E-state index in [1.54, 1.807) is 0 Å². The summed E-state index contributed by atoms with van der Waals surface area (Å²) in [5.41, 5.74) is 0.644. The van der Waals surface area contributed by atoms with Crippen molar-refractivity contribution in [3.05, 3.63) is 40.3 Å². The molecule has 0 atom stereocenters.